The second-order valence-electron chi connectivity index (χ2n) is 5.05. The van der Waals surface area contributed by atoms with E-state index in [1.54, 1.807) is 56.4 Å². The molecule has 3 N–H and O–H groups in total. The Balaban J connectivity index is 2.13. The second kappa shape index (κ2) is 5.21. The molecule has 0 aliphatic carbocycles. The molecule has 0 aliphatic heterocycles. The van der Waals surface area contributed by atoms with Crippen molar-refractivity contribution < 1.29 is 14.7 Å². The van der Waals surface area contributed by atoms with Crippen LogP contribution < -0.4 is 5.32 Å². The van der Waals surface area contributed by atoms with Gasteiger partial charge in [0.2, 0.25) is 0 Å². The van der Waals surface area contributed by atoms with Crippen LogP contribution >= 0.6 is 0 Å². The summed E-state index contributed by atoms with van der Waals surface area (Å²) in [6.45, 7) is 3.28. The summed E-state index contributed by atoms with van der Waals surface area (Å²) in [6, 6.07) is 10.2. The summed E-state index contributed by atoms with van der Waals surface area (Å²) in [5, 5.41) is 11.9. The maximum absolute atomic E-state index is 11.8. The van der Waals surface area contributed by atoms with Gasteiger partial charge in [-0.2, -0.15) is 0 Å². The first kappa shape index (κ1) is 13.9. The van der Waals surface area contributed by atoms with Crippen LogP contribution in [0.25, 0.3) is 0 Å². The van der Waals surface area contributed by atoms with Gasteiger partial charge in [0.15, 0.2) is 0 Å². The number of amides is 1. The number of aromatic amines is 1. The lowest BCUT2D eigenvalue weighted by Gasteiger charge is -2.19. The largest absolute Gasteiger partial charge is 0.481 e. The number of carboxylic acids is 1. The highest BCUT2D eigenvalue weighted by Gasteiger charge is 2.29. The Morgan fingerprint density at radius 3 is 2.30 bits per heavy atom. The fraction of sp³-hybridized carbons (Fsp3) is 0.200. The number of hydrogen-bond donors (Lipinski definition) is 3. The van der Waals surface area contributed by atoms with Gasteiger partial charge in [-0.25, -0.2) is 0 Å². The Morgan fingerprint density at radius 2 is 1.80 bits per heavy atom. The first-order valence-corrected chi connectivity index (χ1v) is 6.20. The van der Waals surface area contributed by atoms with Crippen molar-refractivity contribution in [3.8, 4) is 0 Å². The van der Waals surface area contributed by atoms with Gasteiger partial charge in [-0.3, -0.25) is 9.59 Å². The normalized spacial score (nSPS) is 11.1. The van der Waals surface area contributed by atoms with E-state index < -0.39 is 11.4 Å². The van der Waals surface area contributed by atoms with Crippen LogP contribution in [0.15, 0.2) is 42.6 Å². The third-order valence-corrected chi connectivity index (χ3v) is 3.24. The van der Waals surface area contributed by atoms with E-state index in [2.05, 4.69) is 10.3 Å². The summed E-state index contributed by atoms with van der Waals surface area (Å²) >= 11 is 0. The number of anilines is 1. The van der Waals surface area contributed by atoms with Crippen LogP contribution in [0.3, 0.4) is 0 Å². The molecule has 104 valence electrons. The van der Waals surface area contributed by atoms with Gasteiger partial charge < -0.3 is 15.4 Å². The van der Waals surface area contributed by atoms with Gasteiger partial charge in [-0.1, -0.05) is 12.1 Å². The van der Waals surface area contributed by atoms with Crippen LogP contribution in [0.4, 0.5) is 5.69 Å². The number of benzene rings is 1. The van der Waals surface area contributed by atoms with E-state index in [0.717, 1.165) is 0 Å². The van der Waals surface area contributed by atoms with Crippen LogP contribution in [0.2, 0.25) is 0 Å². The maximum atomic E-state index is 11.8. The lowest BCUT2D eigenvalue weighted by atomic mass is 9.85. The third kappa shape index (κ3) is 2.71. The monoisotopic (exact) mass is 272 g/mol. The predicted octanol–water partition coefficient (Wildman–Crippen LogP) is 2.63. The molecule has 20 heavy (non-hydrogen) atoms. The summed E-state index contributed by atoms with van der Waals surface area (Å²) in [5.74, 6) is -1.12. The van der Waals surface area contributed by atoms with Crippen LogP contribution in [-0.2, 0) is 10.2 Å². The van der Waals surface area contributed by atoms with Crippen molar-refractivity contribution in [2.45, 2.75) is 19.3 Å². The molecule has 0 unspecified atom stereocenters. The summed E-state index contributed by atoms with van der Waals surface area (Å²) in [7, 11) is 0. The van der Waals surface area contributed by atoms with Crippen LogP contribution in [0, 0.1) is 0 Å². The molecule has 5 heteroatoms. The van der Waals surface area contributed by atoms with Crippen LogP contribution in [-0.4, -0.2) is 22.0 Å². The Hall–Kier alpha value is -2.56. The summed E-state index contributed by atoms with van der Waals surface area (Å²) in [6.07, 6.45) is 1.67. The van der Waals surface area contributed by atoms with E-state index in [0.29, 0.717) is 16.9 Å². The number of aliphatic carboxylic acids is 1. The SMILES string of the molecule is CC(C)(C(=O)O)c1ccc(NC(=O)c2ccc[nH]2)cc1. The van der Waals surface area contributed by atoms with Gasteiger partial charge in [-0.15, -0.1) is 0 Å². The summed E-state index contributed by atoms with van der Waals surface area (Å²) in [5.41, 5.74) is 0.819. The smallest absolute Gasteiger partial charge is 0.313 e. The van der Waals surface area contributed by atoms with Crippen molar-refractivity contribution in [2.75, 3.05) is 5.32 Å². The average Bonchev–Trinajstić information content (AvgIpc) is 2.93. The Bertz CT molecular complexity index is 613. The van der Waals surface area contributed by atoms with Gasteiger partial charge in [-0.05, 0) is 43.7 Å². The number of aromatic nitrogens is 1. The van der Waals surface area contributed by atoms with Crippen molar-refractivity contribution in [1.82, 2.24) is 4.98 Å². The minimum absolute atomic E-state index is 0.236. The number of rotatable bonds is 4. The number of nitrogens with one attached hydrogen (secondary N) is 2. The highest BCUT2D eigenvalue weighted by molar-refractivity contribution is 6.02. The molecule has 0 spiro atoms. The zero-order chi connectivity index (χ0) is 14.8. The van der Waals surface area contributed by atoms with E-state index >= 15 is 0 Å². The molecule has 0 atom stereocenters. The van der Waals surface area contributed by atoms with Crippen molar-refractivity contribution in [3.63, 3.8) is 0 Å². The van der Waals surface area contributed by atoms with Crippen molar-refractivity contribution in [1.29, 1.82) is 0 Å². The number of hydrogen-bond acceptors (Lipinski definition) is 2. The van der Waals surface area contributed by atoms with E-state index in [9.17, 15) is 9.59 Å². The Morgan fingerprint density at radius 1 is 1.15 bits per heavy atom. The van der Waals surface area contributed by atoms with Crippen LogP contribution in [0.5, 0.6) is 0 Å². The molecule has 0 fully saturated rings. The van der Waals surface area contributed by atoms with Crippen molar-refractivity contribution in [2.24, 2.45) is 0 Å². The number of carbonyl (C=O) groups excluding carboxylic acids is 1. The van der Waals surface area contributed by atoms with Gasteiger partial charge >= 0.3 is 5.97 Å². The molecule has 1 heterocycles. The maximum Gasteiger partial charge on any atom is 0.313 e. The fourth-order valence-corrected chi connectivity index (χ4v) is 1.76. The molecular formula is C15H16N2O3. The quantitative estimate of drug-likeness (QED) is 0.800. The first-order valence-electron chi connectivity index (χ1n) is 6.20. The molecule has 0 aliphatic rings. The zero-order valence-corrected chi connectivity index (χ0v) is 11.3. The van der Waals surface area contributed by atoms with Gasteiger partial charge in [0, 0.05) is 11.9 Å². The van der Waals surface area contributed by atoms with Crippen molar-refractivity contribution >= 4 is 17.6 Å². The average molecular weight is 272 g/mol. The first-order chi connectivity index (χ1) is 9.41. The molecule has 0 saturated carbocycles. The molecule has 1 aromatic heterocycles. The van der Waals surface area contributed by atoms with E-state index in [1.807, 2.05) is 0 Å². The van der Waals surface area contributed by atoms with Crippen molar-refractivity contribution in [3.05, 3.63) is 53.9 Å². The van der Waals surface area contributed by atoms with E-state index in [4.69, 9.17) is 5.11 Å². The Kier molecular flexibility index (Phi) is 3.61. The Labute approximate surface area is 116 Å². The minimum atomic E-state index is -0.956. The molecule has 0 radical (unpaired) electrons. The number of H-pyrrole nitrogens is 1. The predicted molar refractivity (Wildman–Crippen MR) is 75.8 cm³/mol. The molecule has 1 amide bonds. The van der Waals surface area contributed by atoms with E-state index in [1.165, 1.54) is 0 Å². The lowest BCUT2D eigenvalue weighted by Crippen LogP contribution is -2.28. The standard InChI is InChI=1S/C15H16N2O3/c1-15(2,14(19)20)10-5-7-11(8-6-10)17-13(18)12-4-3-9-16-12/h3-9,16H,1-2H3,(H,17,18)(H,19,20). The highest BCUT2D eigenvalue weighted by atomic mass is 16.4. The highest BCUT2D eigenvalue weighted by Crippen LogP contribution is 2.24. The van der Waals surface area contributed by atoms with Gasteiger partial charge in [0.25, 0.3) is 5.91 Å². The molecule has 5 nitrogen and oxygen atoms in total. The van der Waals surface area contributed by atoms with E-state index in [-0.39, 0.29) is 5.91 Å². The van der Waals surface area contributed by atoms with Crippen LogP contribution in [0.1, 0.15) is 29.9 Å². The second-order valence-corrected chi connectivity index (χ2v) is 5.05. The third-order valence-electron chi connectivity index (χ3n) is 3.24. The summed E-state index contributed by atoms with van der Waals surface area (Å²) < 4.78 is 0. The topological polar surface area (TPSA) is 82.2 Å². The summed E-state index contributed by atoms with van der Waals surface area (Å²) in [4.78, 5) is 25.8. The number of carboxylic acid groups (broad SMARTS) is 1. The molecular weight excluding hydrogens is 256 g/mol. The molecule has 2 rings (SSSR count). The van der Waals surface area contributed by atoms with Gasteiger partial charge in [0.1, 0.15) is 5.69 Å². The molecule has 0 bridgehead atoms. The van der Waals surface area contributed by atoms with Gasteiger partial charge in [0.05, 0.1) is 5.41 Å². The molecule has 0 saturated heterocycles. The molecule has 2 aromatic rings. The fourth-order valence-electron chi connectivity index (χ4n) is 1.76. The molecule has 1 aromatic carbocycles. The zero-order valence-electron chi connectivity index (χ0n) is 11.3. The minimum Gasteiger partial charge on any atom is -0.481 e. The number of carbonyl (C=O) groups is 2. The lowest BCUT2D eigenvalue weighted by molar-refractivity contribution is -0.142.